The first-order valence-corrected chi connectivity index (χ1v) is 8.66. The molecule has 1 fully saturated rings. The van der Waals surface area contributed by atoms with Crippen LogP contribution in [-0.4, -0.2) is 31.6 Å². The van der Waals surface area contributed by atoms with Crippen LogP contribution in [0.1, 0.15) is 51.5 Å². The molecular weight excluding hydrogens is 330 g/mol. The number of hydrogen-bond donors (Lipinski definition) is 0. The van der Waals surface area contributed by atoms with Gasteiger partial charge in [-0.1, -0.05) is 18.5 Å². The van der Waals surface area contributed by atoms with E-state index in [9.17, 15) is 9.59 Å². The summed E-state index contributed by atoms with van der Waals surface area (Å²) in [5.41, 5.74) is 1.65. The molecule has 2 rings (SSSR count). The highest BCUT2D eigenvalue weighted by Crippen LogP contribution is 2.38. The number of anilines is 1. The number of nitrogens with zero attached hydrogens (tertiary/aromatic N) is 1. The number of esters is 2. The van der Waals surface area contributed by atoms with E-state index in [0.717, 1.165) is 37.2 Å². The van der Waals surface area contributed by atoms with Gasteiger partial charge in [-0.15, -0.1) is 0 Å². The summed E-state index contributed by atoms with van der Waals surface area (Å²) in [6.07, 6.45) is 3.48. The lowest BCUT2D eigenvalue weighted by Gasteiger charge is -2.30. The fraction of sp³-hybridized carbons (Fsp3) is 0.556. The molecule has 5 nitrogen and oxygen atoms in total. The third-order valence-corrected chi connectivity index (χ3v) is 4.40. The van der Waals surface area contributed by atoms with Crippen molar-refractivity contribution < 1.29 is 19.1 Å². The first kappa shape index (κ1) is 18.6. The van der Waals surface area contributed by atoms with Crippen molar-refractivity contribution in [3.8, 4) is 5.75 Å². The van der Waals surface area contributed by atoms with Crippen molar-refractivity contribution in [3.05, 3.63) is 22.7 Å². The number of benzene rings is 1. The van der Waals surface area contributed by atoms with Crippen LogP contribution in [0, 0.1) is 0 Å². The van der Waals surface area contributed by atoms with E-state index in [1.54, 1.807) is 0 Å². The van der Waals surface area contributed by atoms with Crippen molar-refractivity contribution in [1.82, 2.24) is 0 Å². The Bertz CT molecular complexity index is 611. The maximum absolute atomic E-state index is 11.5. The van der Waals surface area contributed by atoms with Gasteiger partial charge in [0.25, 0.3) is 0 Å². The maximum atomic E-state index is 11.5. The van der Waals surface area contributed by atoms with Gasteiger partial charge >= 0.3 is 11.9 Å². The van der Waals surface area contributed by atoms with Crippen molar-refractivity contribution in [2.24, 2.45) is 0 Å². The highest BCUT2D eigenvalue weighted by molar-refractivity contribution is 6.33. The van der Waals surface area contributed by atoms with E-state index in [1.165, 1.54) is 20.3 Å². The number of hydrogen-bond acceptors (Lipinski definition) is 5. The molecule has 1 aromatic carbocycles. The van der Waals surface area contributed by atoms with Crippen molar-refractivity contribution in [2.75, 3.05) is 24.6 Å². The van der Waals surface area contributed by atoms with Crippen molar-refractivity contribution in [2.45, 2.75) is 46.0 Å². The fourth-order valence-electron chi connectivity index (χ4n) is 2.90. The van der Waals surface area contributed by atoms with E-state index in [-0.39, 0.29) is 24.5 Å². The normalized spacial score (nSPS) is 15.8. The fourth-order valence-corrected chi connectivity index (χ4v) is 3.19. The van der Waals surface area contributed by atoms with Gasteiger partial charge in [-0.2, -0.15) is 0 Å². The molecule has 1 atom stereocenters. The van der Waals surface area contributed by atoms with Crippen LogP contribution in [0.2, 0.25) is 5.02 Å². The molecule has 0 bridgehead atoms. The van der Waals surface area contributed by atoms with E-state index >= 15 is 0 Å². The van der Waals surface area contributed by atoms with E-state index in [4.69, 9.17) is 21.1 Å². The predicted molar refractivity (Wildman–Crippen MR) is 93.9 cm³/mol. The first-order valence-electron chi connectivity index (χ1n) is 8.28. The highest BCUT2D eigenvalue weighted by atomic mass is 35.5. The minimum Gasteiger partial charge on any atom is -0.465 e. The van der Waals surface area contributed by atoms with Gasteiger partial charge in [-0.05, 0) is 25.3 Å². The van der Waals surface area contributed by atoms with Crippen LogP contribution in [0.3, 0.4) is 0 Å². The number of piperidine rings is 1. The Hall–Kier alpha value is -1.75. The summed E-state index contributed by atoms with van der Waals surface area (Å²) in [5, 5.41) is 0.623. The second-order valence-electron chi connectivity index (χ2n) is 6.19. The summed E-state index contributed by atoms with van der Waals surface area (Å²) in [6, 6.07) is 3.65. The minimum absolute atomic E-state index is 0.129. The zero-order valence-electron chi connectivity index (χ0n) is 14.4. The zero-order valence-corrected chi connectivity index (χ0v) is 15.2. The van der Waals surface area contributed by atoms with Gasteiger partial charge in [0.1, 0.15) is 5.75 Å². The second kappa shape index (κ2) is 8.38. The topological polar surface area (TPSA) is 55.8 Å². The third kappa shape index (κ3) is 4.87. The quantitative estimate of drug-likeness (QED) is 0.593. The Morgan fingerprint density at radius 1 is 1.17 bits per heavy atom. The zero-order chi connectivity index (χ0) is 17.7. The van der Waals surface area contributed by atoms with E-state index in [2.05, 4.69) is 4.90 Å². The summed E-state index contributed by atoms with van der Waals surface area (Å²) >= 11 is 6.49. The van der Waals surface area contributed by atoms with Crippen molar-refractivity contribution in [1.29, 1.82) is 0 Å². The number of halogens is 1. The number of ether oxygens (including phenoxy) is 2. The summed E-state index contributed by atoms with van der Waals surface area (Å²) in [5.74, 6) is -0.377. The lowest BCUT2D eigenvalue weighted by atomic mass is 9.99. The molecule has 1 unspecified atom stereocenters. The second-order valence-corrected chi connectivity index (χ2v) is 6.59. The van der Waals surface area contributed by atoms with Crippen LogP contribution in [0.15, 0.2) is 12.1 Å². The average Bonchev–Trinajstić information content (AvgIpc) is 2.54. The van der Waals surface area contributed by atoms with Crippen LogP contribution in [0.25, 0.3) is 0 Å². The van der Waals surface area contributed by atoms with Crippen LogP contribution < -0.4 is 9.64 Å². The molecular formula is C18H24ClNO4. The number of carbonyl (C=O) groups excluding carboxylic acids is 2. The predicted octanol–water partition coefficient (Wildman–Crippen LogP) is 3.92. The van der Waals surface area contributed by atoms with Crippen molar-refractivity contribution in [3.63, 3.8) is 0 Å². The number of carbonyl (C=O) groups is 2. The molecule has 0 radical (unpaired) electrons. The molecule has 24 heavy (non-hydrogen) atoms. The molecule has 0 aromatic heterocycles. The maximum Gasteiger partial charge on any atom is 0.308 e. The molecule has 1 aromatic rings. The van der Waals surface area contributed by atoms with Gasteiger partial charge in [0, 0.05) is 44.5 Å². The standard InChI is InChI=1S/C18H24ClNO4/c1-12(11-23-13(2)21)15-9-16(19)17(10-18(15)24-14(3)22)20-7-5-4-6-8-20/h9-10,12H,4-8,11H2,1-3H3. The molecule has 132 valence electrons. The van der Waals surface area contributed by atoms with E-state index < -0.39 is 0 Å². The van der Waals surface area contributed by atoms with Gasteiger partial charge < -0.3 is 14.4 Å². The Morgan fingerprint density at radius 3 is 2.42 bits per heavy atom. The summed E-state index contributed by atoms with van der Waals surface area (Å²) in [7, 11) is 0. The Kier molecular flexibility index (Phi) is 6.49. The van der Waals surface area contributed by atoms with Gasteiger partial charge in [-0.3, -0.25) is 9.59 Å². The molecule has 0 N–H and O–H groups in total. The Balaban J connectivity index is 2.33. The summed E-state index contributed by atoms with van der Waals surface area (Å²) < 4.78 is 10.5. The lowest BCUT2D eigenvalue weighted by Crippen LogP contribution is -2.29. The largest absolute Gasteiger partial charge is 0.465 e. The van der Waals surface area contributed by atoms with Gasteiger partial charge in [0.15, 0.2) is 0 Å². The smallest absolute Gasteiger partial charge is 0.308 e. The van der Waals surface area contributed by atoms with Gasteiger partial charge in [-0.25, -0.2) is 0 Å². The molecule has 0 amide bonds. The van der Waals surface area contributed by atoms with E-state index in [0.29, 0.717) is 10.8 Å². The number of rotatable bonds is 5. The SMILES string of the molecule is CC(=O)OCC(C)c1cc(Cl)c(N2CCCCC2)cc1OC(C)=O. The third-order valence-electron chi connectivity index (χ3n) is 4.10. The molecule has 1 saturated heterocycles. The molecule has 0 saturated carbocycles. The molecule has 0 aliphatic carbocycles. The van der Waals surface area contributed by atoms with Gasteiger partial charge in [0.2, 0.25) is 0 Å². The van der Waals surface area contributed by atoms with Crippen LogP contribution in [0.4, 0.5) is 5.69 Å². The van der Waals surface area contributed by atoms with Crippen LogP contribution >= 0.6 is 11.6 Å². The van der Waals surface area contributed by atoms with Crippen LogP contribution in [0.5, 0.6) is 5.75 Å². The average molecular weight is 354 g/mol. The van der Waals surface area contributed by atoms with Crippen LogP contribution in [-0.2, 0) is 14.3 Å². The summed E-state index contributed by atoms with van der Waals surface area (Å²) in [4.78, 5) is 24.7. The Morgan fingerprint density at radius 2 is 1.83 bits per heavy atom. The van der Waals surface area contributed by atoms with Crippen molar-refractivity contribution >= 4 is 29.2 Å². The van der Waals surface area contributed by atoms with Gasteiger partial charge in [0.05, 0.1) is 17.3 Å². The monoisotopic (exact) mass is 353 g/mol. The molecule has 1 heterocycles. The lowest BCUT2D eigenvalue weighted by molar-refractivity contribution is -0.141. The minimum atomic E-state index is -0.386. The molecule has 1 aliphatic rings. The molecule has 1 aliphatic heterocycles. The first-order chi connectivity index (χ1) is 11.4. The summed E-state index contributed by atoms with van der Waals surface area (Å²) in [6.45, 7) is 6.75. The molecule has 6 heteroatoms. The Labute approximate surface area is 147 Å². The molecule has 0 spiro atoms. The highest BCUT2D eigenvalue weighted by Gasteiger charge is 2.21. The van der Waals surface area contributed by atoms with E-state index in [1.807, 2.05) is 19.1 Å².